The summed E-state index contributed by atoms with van der Waals surface area (Å²) in [7, 11) is 0. The van der Waals surface area contributed by atoms with Crippen molar-refractivity contribution in [2.24, 2.45) is 0 Å². The summed E-state index contributed by atoms with van der Waals surface area (Å²) in [6.07, 6.45) is 3.04. The first-order valence-electron chi connectivity index (χ1n) is 9.70. The maximum absolute atomic E-state index is 12.7. The lowest BCUT2D eigenvalue weighted by molar-refractivity contribution is 0.102. The van der Waals surface area contributed by atoms with Gasteiger partial charge in [0.15, 0.2) is 5.65 Å². The number of carbonyl (C=O) groups is 1. The van der Waals surface area contributed by atoms with E-state index < -0.39 is 0 Å². The minimum Gasteiger partial charge on any atom is -0.391 e. The molecule has 0 radical (unpaired) electrons. The second-order valence-corrected chi connectivity index (χ2v) is 7.57. The molecule has 1 amide bonds. The van der Waals surface area contributed by atoms with Gasteiger partial charge in [0.1, 0.15) is 11.6 Å². The van der Waals surface area contributed by atoms with Crippen molar-refractivity contribution < 1.29 is 9.90 Å². The molecule has 3 aromatic rings. The molecule has 0 bridgehead atoms. The number of carbonyl (C=O) groups excluding carboxylic acids is 1. The predicted molar refractivity (Wildman–Crippen MR) is 109 cm³/mol. The summed E-state index contributed by atoms with van der Waals surface area (Å²) in [6, 6.07) is 11.3. The maximum atomic E-state index is 12.7. The van der Waals surface area contributed by atoms with Crippen LogP contribution < -0.4 is 10.2 Å². The summed E-state index contributed by atoms with van der Waals surface area (Å²) in [5.74, 6) is 1.52. The number of β-amino-alcohol motifs (C(OH)–C–C–N with tert-alkyl or cyclic N) is 1. The molecule has 2 N–H and O–H groups in total. The highest BCUT2D eigenvalue weighted by atomic mass is 16.3. The number of nitrogens with one attached hydrogen (secondary N) is 1. The molecular formula is C21H25N5O2. The number of benzene rings is 1. The molecule has 1 saturated heterocycles. The zero-order chi connectivity index (χ0) is 19.7. The van der Waals surface area contributed by atoms with Crippen LogP contribution in [-0.4, -0.2) is 44.8 Å². The number of hydrogen-bond acceptors (Lipinski definition) is 5. The highest BCUT2D eigenvalue weighted by molar-refractivity contribution is 6.04. The molecule has 7 heteroatoms. The van der Waals surface area contributed by atoms with E-state index in [1.165, 1.54) is 5.56 Å². The van der Waals surface area contributed by atoms with E-state index in [-0.39, 0.29) is 12.0 Å². The number of aromatic nitrogens is 3. The van der Waals surface area contributed by atoms with Crippen LogP contribution in [0.2, 0.25) is 0 Å². The Morgan fingerprint density at radius 3 is 2.75 bits per heavy atom. The van der Waals surface area contributed by atoms with E-state index in [0.717, 1.165) is 25.2 Å². The number of hydrogen-bond donors (Lipinski definition) is 2. The van der Waals surface area contributed by atoms with Crippen LogP contribution >= 0.6 is 0 Å². The molecule has 1 fully saturated rings. The standard InChI is InChI=1S/C21H25N5O2/c1-14(2)15-5-7-16(8-6-15)21(28)24-18-12-20(25-11-3-4-17(27)13-25)26-19(23-18)9-10-22-26/h5-10,12,14,17,27H,3-4,11,13H2,1-2H3,(H,23,24,28). The zero-order valence-electron chi connectivity index (χ0n) is 16.2. The average Bonchev–Trinajstić information content (AvgIpc) is 3.16. The van der Waals surface area contributed by atoms with Gasteiger partial charge in [0, 0.05) is 30.8 Å². The maximum Gasteiger partial charge on any atom is 0.256 e. The van der Waals surface area contributed by atoms with Crippen molar-refractivity contribution in [2.75, 3.05) is 23.3 Å². The van der Waals surface area contributed by atoms with Crippen molar-refractivity contribution in [3.63, 3.8) is 0 Å². The van der Waals surface area contributed by atoms with E-state index in [0.29, 0.717) is 29.5 Å². The molecule has 146 valence electrons. The predicted octanol–water partition coefficient (Wildman–Crippen LogP) is 3.07. The normalized spacial score (nSPS) is 17.3. The molecule has 1 aromatic carbocycles. The Kier molecular flexibility index (Phi) is 5.00. The molecular weight excluding hydrogens is 354 g/mol. The van der Waals surface area contributed by atoms with Crippen molar-refractivity contribution in [1.82, 2.24) is 14.6 Å². The fraction of sp³-hybridized carbons (Fsp3) is 0.381. The van der Waals surface area contributed by atoms with Crippen molar-refractivity contribution in [1.29, 1.82) is 0 Å². The first-order valence-corrected chi connectivity index (χ1v) is 9.70. The second kappa shape index (κ2) is 7.59. The summed E-state index contributed by atoms with van der Waals surface area (Å²) in [4.78, 5) is 19.3. The first kappa shape index (κ1) is 18.4. The Morgan fingerprint density at radius 2 is 2.04 bits per heavy atom. The fourth-order valence-electron chi connectivity index (χ4n) is 3.56. The van der Waals surface area contributed by atoms with Crippen molar-refractivity contribution >= 4 is 23.2 Å². The van der Waals surface area contributed by atoms with E-state index in [2.05, 4.69) is 34.1 Å². The Hall–Kier alpha value is -2.93. The Morgan fingerprint density at radius 1 is 1.25 bits per heavy atom. The molecule has 0 aliphatic carbocycles. The van der Waals surface area contributed by atoms with Crippen LogP contribution in [-0.2, 0) is 0 Å². The van der Waals surface area contributed by atoms with Gasteiger partial charge in [0.2, 0.25) is 0 Å². The van der Waals surface area contributed by atoms with Gasteiger partial charge in [-0.3, -0.25) is 4.79 Å². The SMILES string of the molecule is CC(C)c1ccc(C(=O)Nc2cc(N3CCCC(O)C3)n3nccc3n2)cc1. The van der Waals surface area contributed by atoms with Gasteiger partial charge in [-0.2, -0.15) is 9.61 Å². The molecule has 0 spiro atoms. The van der Waals surface area contributed by atoms with Crippen LogP contribution in [0.1, 0.15) is 48.5 Å². The fourth-order valence-corrected chi connectivity index (χ4v) is 3.56. The molecule has 0 saturated carbocycles. The Balaban J connectivity index is 1.61. The van der Waals surface area contributed by atoms with E-state index in [4.69, 9.17) is 0 Å². The lowest BCUT2D eigenvalue weighted by Gasteiger charge is -2.32. The number of anilines is 2. The molecule has 2 aromatic heterocycles. The number of nitrogens with zero attached hydrogens (tertiary/aromatic N) is 4. The van der Waals surface area contributed by atoms with E-state index in [1.54, 1.807) is 16.8 Å². The monoisotopic (exact) mass is 379 g/mol. The minimum absolute atomic E-state index is 0.198. The van der Waals surface area contributed by atoms with Gasteiger partial charge in [0.25, 0.3) is 5.91 Å². The van der Waals surface area contributed by atoms with Crippen molar-refractivity contribution in [2.45, 2.75) is 38.7 Å². The lowest BCUT2D eigenvalue weighted by Crippen LogP contribution is -2.39. The molecule has 1 atom stereocenters. The summed E-state index contributed by atoms with van der Waals surface area (Å²) in [5, 5.41) is 17.3. The molecule has 1 aliphatic heterocycles. The molecule has 4 rings (SSSR count). The number of amides is 1. The Labute approximate surface area is 164 Å². The van der Waals surface area contributed by atoms with Gasteiger partial charge >= 0.3 is 0 Å². The van der Waals surface area contributed by atoms with Crippen LogP contribution in [0.15, 0.2) is 42.6 Å². The Bertz CT molecular complexity index is 980. The van der Waals surface area contributed by atoms with Gasteiger partial charge in [-0.25, -0.2) is 4.98 Å². The van der Waals surface area contributed by atoms with Crippen molar-refractivity contribution in [3.8, 4) is 0 Å². The van der Waals surface area contributed by atoms with Crippen LogP contribution in [0.4, 0.5) is 11.6 Å². The van der Waals surface area contributed by atoms with Gasteiger partial charge < -0.3 is 15.3 Å². The number of aliphatic hydroxyl groups excluding tert-OH is 1. The second-order valence-electron chi connectivity index (χ2n) is 7.57. The van der Waals surface area contributed by atoms with Crippen LogP contribution in [0.3, 0.4) is 0 Å². The van der Waals surface area contributed by atoms with E-state index in [9.17, 15) is 9.90 Å². The third kappa shape index (κ3) is 3.71. The van der Waals surface area contributed by atoms with E-state index >= 15 is 0 Å². The number of rotatable bonds is 4. The molecule has 1 unspecified atom stereocenters. The van der Waals surface area contributed by atoms with Gasteiger partial charge in [-0.05, 0) is 36.5 Å². The highest BCUT2D eigenvalue weighted by Crippen LogP contribution is 2.24. The highest BCUT2D eigenvalue weighted by Gasteiger charge is 2.21. The first-order chi connectivity index (χ1) is 13.5. The van der Waals surface area contributed by atoms with Crippen LogP contribution in [0, 0.1) is 0 Å². The molecule has 1 aliphatic rings. The molecule has 7 nitrogen and oxygen atoms in total. The summed E-state index contributed by atoms with van der Waals surface area (Å²) < 4.78 is 1.74. The summed E-state index contributed by atoms with van der Waals surface area (Å²) in [5.41, 5.74) is 2.44. The van der Waals surface area contributed by atoms with Crippen LogP contribution in [0.5, 0.6) is 0 Å². The third-order valence-corrected chi connectivity index (χ3v) is 5.14. The zero-order valence-corrected chi connectivity index (χ0v) is 16.2. The topological polar surface area (TPSA) is 82.8 Å². The lowest BCUT2D eigenvalue weighted by atomic mass is 10.0. The number of aliphatic hydroxyl groups is 1. The molecule has 3 heterocycles. The number of piperidine rings is 1. The largest absolute Gasteiger partial charge is 0.391 e. The van der Waals surface area contributed by atoms with Gasteiger partial charge in [0.05, 0.1) is 12.3 Å². The minimum atomic E-state index is -0.356. The third-order valence-electron chi connectivity index (χ3n) is 5.14. The summed E-state index contributed by atoms with van der Waals surface area (Å²) >= 11 is 0. The van der Waals surface area contributed by atoms with Gasteiger partial charge in [-0.15, -0.1) is 0 Å². The number of fused-ring (bicyclic) bond motifs is 1. The van der Waals surface area contributed by atoms with Crippen LogP contribution in [0.25, 0.3) is 5.65 Å². The van der Waals surface area contributed by atoms with Crippen molar-refractivity contribution in [3.05, 3.63) is 53.7 Å². The quantitative estimate of drug-likeness (QED) is 0.728. The smallest absolute Gasteiger partial charge is 0.256 e. The van der Waals surface area contributed by atoms with E-state index in [1.807, 2.05) is 30.3 Å². The van der Waals surface area contributed by atoms with Gasteiger partial charge in [-0.1, -0.05) is 26.0 Å². The molecule has 28 heavy (non-hydrogen) atoms. The average molecular weight is 379 g/mol. The summed E-state index contributed by atoms with van der Waals surface area (Å²) in [6.45, 7) is 5.63.